The maximum Gasteiger partial charge on any atom is 0.224 e. The standard InChI is InChI=1S/C18H27N3O2/c1-13(2)20-18(23)11-14-3-6-16(7-4-14)21-17(22)8-5-15-9-10-19-12-15/h3-4,6-7,13,15,19H,5,8-12H2,1-2H3,(H,20,23)(H,21,22). The number of hydrogen-bond acceptors (Lipinski definition) is 3. The number of carbonyl (C=O) groups is 2. The molecule has 1 atom stereocenters. The summed E-state index contributed by atoms with van der Waals surface area (Å²) in [7, 11) is 0. The van der Waals surface area contributed by atoms with Crippen LogP contribution in [-0.4, -0.2) is 30.9 Å². The molecule has 1 heterocycles. The Morgan fingerprint density at radius 3 is 2.57 bits per heavy atom. The van der Waals surface area contributed by atoms with Crippen LogP contribution in [0.2, 0.25) is 0 Å². The number of rotatable bonds is 7. The normalized spacial score (nSPS) is 17.3. The van der Waals surface area contributed by atoms with E-state index in [4.69, 9.17) is 0 Å². The number of nitrogens with one attached hydrogen (secondary N) is 3. The highest BCUT2D eigenvalue weighted by atomic mass is 16.2. The Balaban J connectivity index is 1.75. The van der Waals surface area contributed by atoms with Crippen LogP contribution in [0.15, 0.2) is 24.3 Å². The van der Waals surface area contributed by atoms with Gasteiger partial charge in [-0.25, -0.2) is 0 Å². The SMILES string of the molecule is CC(C)NC(=O)Cc1ccc(NC(=O)CCC2CCNC2)cc1. The first kappa shape index (κ1) is 17.5. The van der Waals surface area contributed by atoms with E-state index in [1.54, 1.807) is 0 Å². The van der Waals surface area contributed by atoms with Crippen LogP contribution in [0.3, 0.4) is 0 Å². The van der Waals surface area contributed by atoms with E-state index in [0.717, 1.165) is 30.8 Å². The van der Waals surface area contributed by atoms with Crippen LogP contribution >= 0.6 is 0 Å². The molecule has 3 N–H and O–H groups in total. The Hall–Kier alpha value is -1.88. The van der Waals surface area contributed by atoms with Gasteiger partial charge in [-0.05, 0) is 63.4 Å². The molecule has 0 bridgehead atoms. The molecular weight excluding hydrogens is 290 g/mol. The molecule has 0 saturated carbocycles. The zero-order chi connectivity index (χ0) is 16.7. The van der Waals surface area contributed by atoms with Crippen molar-refractivity contribution in [2.24, 2.45) is 5.92 Å². The van der Waals surface area contributed by atoms with Crippen molar-refractivity contribution in [2.75, 3.05) is 18.4 Å². The van der Waals surface area contributed by atoms with Crippen LogP contribution in [0.25, 0.3) is 0 Å². The van der Waals surface area contributed by atoms with Gasteiger partial charge in [-0.15, -0.1) is 0 Å². The molecule has 0 aromatic heterocycles. The molecule has 0 spiro atoms. The molecular formula is C18H27N3O2. The average Bonchev–Trinajstić information content (AvgIpc) is 3.00. The summed E-state index contributed by atoms with van der Waals surface area (Å²) in [4.78, 5) is 23.7. The van der Waals surface area contributed by atoms with Crippen molar-refractivity contribution in [1.82, 2.24) is 10.6 Å². The third kappa shape index (κ3) is 6.40. The zero-order valence-electron chi connectivity index (χ0n) is 14.0. The highest BCUT2D eigenvalue weighted by molar-refractivity contribution is 5.90. The van der Waals surface area contributed by atoms with Crippen molar-refractivity contribution in [2.45, 2.75) is 45.6 Å². The minimum absolute atomic E-state index is 0.0157. The summed E-state index contributed by atoms with van der Waals surface area (Å²) in [6.45, 7) is 5.98. The second kappa shape index (κ2) is 8.67. The van der Waals surface area contributed by atoms with Gasteiger partial charge in [0.25, 0.3) is 0 Å². The molecule has 1 saturated heterocycles. The Kier molecular flexibility index (Phi) is 6.59. The molecule has 0 aliphatic carbocycles. The topological polar surface area (TPSA) is 70.2 Å². The van der Waals surface area contributed by atoms with Crippen molar-refractivity contribution < 1.29 is 9.59 Å². The van der Waals surface area contributed by atoms with E-state index in [1.165, 1.54) is 6.42 Å². The van der Waals surface area contributed by atoms with Gasteiger partial charge in [0.1, 0.15) is 0 Å². The number of carbonyl (C=O) groups excluding carboxylic acids is 2. The second-order valence-electron chi connectivity index (χ2n) is 6.54. The van der Waals surface area contributed by atoms with E-state index >= 15 is 0 Å². The van der Waals surface area contributed by atoms with E-state index in [9.17, 15) is 9.59 Å². The van der Waals surface area contributed by atoms with E-state index in [2.05, 4.69) is 16.0 Å². The fraction of sp³-hybridized carbons (Fsp3) is 0.556. The molecule has 0 radical (unpaired) electrons. The predicted octanol–water partition coefficient (Wildman–Crippen LogP) is 2.08. The monoisotopic (exact) mass is 317 g/mol. The molecule has 126 valence electrons. The van der Waals surface area contributed by atoms with Gasteiger partial charge in [-0.3, -0.25) is 9.59 Å². The highest BCUT2D eigenvalue weighted by Gasteiger charge is 2.15. The summed E-state index contributed by atoms with van der Waals surface area (Å²) >= 11 is 0. The number of anilines is 1. The van der Waals surface area contributed by atoms with Gasteiger partial charge < -0.3 is 16.0 Å². The van der Waals surface area contributed by atoms with E-state index in [0.29, 0.717) is 18.8 Å². The van der Waals surface area contributed by atoms with Gasteiger partial charge in [-0.2, -0.15) is 0 Å². The molecule has 1 aromatic carbocycles. The lowest BCUT2D eigenvalue weighted by atomic mass is 10.0. The highest BCUT2D eigenvalue weighted by Crippen LogP contribution is 2.16. The minimum Gasteiger partial charge on any atom is -0.354 e. The Labute approximate surface area is 138 Å². The third-order valence-corrected chi connectivity index (χ3v) is 3.99. The summed E-state index contributed by atoms with van der Waals surface area (Å²) < 4.78 is 0. The summed E-state index contributed by atoms with van der Waals surface area (Å²) in [6.07, 6.45) is 3.03. The fourth-order valence-corrected chi connectivity index (χ4v) is 2.78. The van der Waals surface area contributed by atoms with E-state index in [1.807, 2.05) is 38.1 Å². The molecule has 5 nitrogen and oxygen atoms in total. The molecule has 2 amide bonds. The fourth-order valence-electron chi connectivity index (χ4n) is 2.78. The van der Waals surface area contributed by atoms with Crippen LogP contribution in [0.1, 0.15) is 38.7 Å². The van der Waals surface area contributed by atoms with Crippen molar-refractivity contribution in [3.63, 3.8) is 0 Å². The summed E-state index contributed by atoms with van der Waals surface area (Å²) in [6, 6.07) is 7.63. The van der Waals surface area contributed by atoms with Crippen molar-refractivity contribution in [3.05, 3.63) is 29.8 Å². The molecule has 23 heavy (non-hydrogen) atoms. The summed E-state index contributed by atoms with van der Waals surface area (Å²) in [5.41, 5.74) is 1.73. The molecule has 1 aliphatic rings. The molecule has 1 unspecified atom stereocenters. The van der Waals surface area contributed by atoms with Crippen molar-refractivity contribution >= 4 is 17.5 Å². The second-order valence-corrected chi connectivity index (χ2v) is 6.54. The van der Waals surface area contributed by atoms with Crippen molar-refractivity contribution in [3.8, 4) is 0 Å². The largest absolute Gasteiger partial charge is 0.354 e. The van der Waals surface area contributed by atoms with Crippen LogP contribution < -0.4 is 16.0 Å². The quantitative estimate of drug-likeness (QED) is 0.721. The Morgan fingerprint density at radius 1 is 1.22 bits per heavy atom. The first-order chi connectivity index (χ1) is 11.0. The predicted molar refractivity (Wildman–Crippen MR) is 92.3 cm³/mol. The van der Waals surface area contributed by atoms with Crippen LogP contribution in [0.5, 0.6) is 0 Å². The van der Waals surface area contributed by atoms with Crippen LogP contribution in [0, 0.1) is 5.92 Å². The van der Waals surface area contributed by atoms with Gasteiger partial charge in [0, 0.05) is 18.2 Å². The zero-order valence-corrected chi connectivity index (χ0v) is 14.0. The summed E-state index contributed by atoms with van der Waals surface area (Å²) in [5.74, 6) is 0.701. The van der Waals surface area contributed by atoms with Gasteiger partial charge in [0.15, 0.2) is 0 Å². The van der Waals surface area contributed by atoms with Crippen LogP contribution in [0.4, 0.5) is 5.69 Å². The van der Waals surface area contributed by atoms with Crippen molar-refractivity contribution in [1.29, 1.82) is 0 Å². The third-order valence-electron chi connectivity index (χ3n) is 3.99. The maximum absolute atomic E-state index is 12.0. The van der Waals surface area contributed by atoms with Gasteiger partial charge >= 0.3 is 0 Å². The molecule has 1 aliphatic heterocycles. The lowest BCUT2D eigenvalue weighted by molar-refractivity contribution is -0.121. The number of amides is 2. The number of benzene rings is 1. The van der Waals surface area contributed by atoms with Gasteiger partial charge in [0.2, 0.25) is 11.8 Å². The maximum atomic E-state index is 12.0. The average molecular weight is 317 g/mol. The minimum atomic E-state index is 0.0157. The van der Waals surface area contributed by atoms with Gasteiger partial charge in [0.05, 0.1) is 6.42 Å². The van der Waals surface area contributed by atoms with Gasteiger partial charge in [-0.1, -0.05) is 12.1 Å². The Bertz CT molecular complexity index is 520. The first-order valence-electron chi connectivity index (χ1n) is 8.42. The van der Waals surface area contributed by atoms with E-state index < -0.39 is 0 Å². The molecule has 1 fully saturated rings. The summed E-state index contributed by atoms with van der Waals surface area (Å²) in [5, 5.41) is 9.10. The lowest BCUT2D eigenvalue weighted by Gasteiger charge is -2.10. The smallest absolute Gasteiger partial charge is 0.224 e. The van der Waals surface area contributed by atoms with Crippen LogP contribution in [-0.2, 0) is 16.0 Å². The first-order valence-corrected chi connectivity index (χ1v) is 8.42. The lowest BCUT2D eigenvalue weighted by Crippen LogP contribution is -2.31. The van der Waals surface area contributed by atoms with E-state index in [-0.39, 0.29) is 17.9 Å². The molecule has 5 heteroatoms. The molecule has 2 rings (SSSR count). The Morgan fingerprint density at radius 2 is 1.96 bits per heavy atom. The molecule has 1 aromatic rings. The number of hydrogen-bond donors (Lipinski definition) is 3.